The second kappa shape index (κ2) is 5.36. The first-order valence-electron chi connectivity index (χ1n) is 6.36. The third-order valence-electron chi connectivity index (χ3n) is 3.17. The molecule has 0 saturated heterocycles. The Morgan fingerprint density at radius 3 is 2.67 bits per heavy atom. The van der Waals surface area contributed by atoms with E-state index >= 15 is 0 Å². The predicted molar refractivity (Wildman–Crippen MR) is 68.6 cm³/mol. The monoisotopic (exact) mass is 272 g/mol. The summed E-state index contributed by atoms with van der Waals surface area (Å²) >= 11 is 0. The van der Waals surface area contributed by atoms with Gasteiger partial charge in [0.05, 0.1) is 12.3 Å². The summed E-state index contributed by atoms with van der Waals surface area (Å²) in [7, 11) is -3.22. The molecule has 0 fully saturated rings. The van der Waals surface area contributed by atoms with Crippen LogP contribution in [0.15, 0.2) is 0 Å². The third-order valence-corrected chi connectivity index (χ3v) is 3.95. The van der Waals surface area contributed by atoms with Crippen LogP contribution in [0.3, 0.4) is 0 Å². The van der Waals surface area contributed by atoms with Crippen molar-refractivity contribution < 1.29 is 8.42 Å². The van der Waals surface area contributed by atoms with Crippen LogP contribution < -0.4 is 4.72 Å². The van der Waals surface area contributed by atoms with Gasteiger partial charge in [-0.2, -0.15) is 0 Å². The molecule has 2 rings (SSSR count). The van der Waals surface area contributed by atoms with Gasteiger partial charge < -0.3 is 4.57 Å². The number of hydrogen-bond donors (Lipinski definition) is 1. The summed E-state index contributed by atoms with van der Waals surface area (Å²) in [6.07, 6.45) is 6.77. The molecular weight excluding hydrogens is 252 g/mol. The van der Waals surface area contributed by atoms with Gasteiger partial charge in [-0.15, -0.1) is 10.2 Å². The van der Waals surface area contributed by atoms with Crippen LogP contribution >= 0.6 is 0 Å². The van der Waals surface area contributed by atoms with Gasteiger partial charge in [-0.3, -0.25) is 0 Å². The van der Waals surface area contributed by atoms with Crippen molar-refractivity contribution in [1.82, 2.24) is 19.5 Å². The lowest BCUT2D eigenvalue weighted by Crippen LogP contribution is -2.28. The summed E-state index contributed by atoms with van der Waals surface area (Å²) < 4.78 is 27.1. The van der Waals surface area contributed by atoms with Crippen LogP contribution in [0.4, 0.5) is 0 Å². The molecule has 1 N–H and O–H groups in total. The van der Waals surface area contributed by atoms with Gasteiger partial charge in [0, 0.05) is 13.0 Å². The number of aryl methyl sites for hydroxylation is 1. The number of sulfonamides is 1. The first-order chi connectivity index (χ1) is 8.47. The van der Waals surface area contributed by atoms with Crippen LogP contribution in [0.2, 0.25) is 0 Å². The number of nitrogens with zero attached hydrogens (tertiary/aromatic N) is 3. The minimum Gasteiger partial charge on any atom is -0.314 e. The highest BCUT2D eigenvalue weighted by Gasteiger charge is 2.20. The lowest BCUT2D eigenvalue weighted by atomic mass is 10.1. The van der Waals surface area contributed by atoms with Crippen molar-refractivity contribution in [2.24, 2.45) is 0 Å². The van der Waals surface area contributed by atoms with Gasteiger partial charge in [-0.1, -0.05) is 12.8 Å². The Morgan fingerprint density at radius 1 is 1.22 bits per heavy atom. The molecule has 1 aliphatic rings. The molecular formula is C11H20N4O2S. The van der Waals surface area contributed by atoms with Crippen molar-refractivity contribution in [2.45, 2.75) is 51.6 Å². The fraction of sp³-hybridized carbons (Fsp3) is 0.818. The van der Waals surface area contributed by atoms with Crippen LogP contribution in [-0.2, 0) is 23.0 Å². The Kier molecular flexibility index (Phi) is 4.01. The summed E-state index contributed by atoms with van der Waals surface area (Å²) in [5.74, 6) is 1.70. The van der Waals surface area contributed by atoms with E-state index < -0.39 is 10.0 Å². The van der Waals surface area contributed by atoms with E-state index in [2.05, 4.69) is 19.5 Å². The average molecular weight is 272 g/mol. The van der Waals surface area contributed by atoms with Gasteiger partial charge in [-0.25, -0.2) is 13.1 Å². The molecule has 1 aliphatic heterocycles. The molecule has 0 radical (unpaired) electrons. The first kappa shape index (κ1) is 13.5. The normalized spacial score (nSPS) is 18.8. The van der Waals surface area contributed by atoms with Gasteiger partial charge >= 0.3 is 0 Å². The number of nitrogens with one attached hydrogen (secondary N) is 1. The zero-order valence-corrected chi connectivity index (χ0v) is 11.7. The molecule has 1 unspecified atom stereocenters. The molecule has 2 heterocycles. The Morgan fingerprint density at radius 2 is 1.94 bits per heavy atom. The highest BCUT2D eigenvalue weighted by Crippen LogP contribution is 2.18. The number of fused-ring (bicyclic) bond motifs is 1. The van der Waals surface area contributed by atoms with Crippen LogP contribution in [0.1, 0.15) is 50.3 Å². The van der Waals surface area contributed by atoms with Gasteiger partial charge in [0.2, 0.25) is 10.0 Å². The molecule has 0 spiro atoms. The molecule has 6 nitrogen and oxygen atoms in total. The molecule has 7 heteroatoms. The van der Waals surface area contributed by atoms with Crippen LogP contribution in [0.5, 0.6) is 0 Å². The van der Waals surface area contributed by atoms with Crippen molar-refractivity contribution in [3.05, 3.63) is 11.6 Å². The first-order valence-corrected chi connectivity index (χ1v) is 8.26. The zero-order chi connectivity index (χ0) is 13.2. The zero-order valence-electron chi connectivity index (χ0n) is 10.9. The molecule has 0 aliphatic carbocycles. The van der Waals surface area contributed by atoms with E-state index in [0.717, 1.165) is 43.7 Å². The van der Waals surface area contributed by atoms with Gasteiger partial charge in [0.15, 0.2) is 5.82 Å². The fourth-order valence-electron chi connectivity index (χ4n) is 2.38. The van der Waals surface area contributed by atoms with Gasteiger partial charge in [-0.05, 0) is 19.8 Å². The Hall–Kier alpha value is -0.950. The van der Waals surface area contributed by atoms with E-state index in [-0.39, 0.29) is 6.04 Å². The molecule has 1 aromatic rings. The van der Waals surface area contributed by atoms with E-state index in [4.69, 9.17) is 0 Å². The maximum Gasteiger partial charge on any atom is 0.209 e. The molecule has 0 bridgehead atoms. The van der Waals surface area contributed by atoms with Gasteiger partial charge in [0.25, 0.3) is 0 Å². The van der Waals surface area contributed by atoms with Crippen LogP contribution in [0, 0.1) is 0 Å². The van der Waals surface area contributed by atoms with E-state index in [1.807, 2.05) is 0 Å². The van der Waals surface area contributed by atoms with Crippen LogP contribution in [-0.4, -0.2) is 29.4 Å². The van der Waals surface area contributed by atoms with Crippen LogP contribution in [0.25, 0.3) is 0 Å². The number of hydrogen-bond acceptors (Lipinski definition) is 4. The van der Waals surface area contributed by atoms with E-state index in [1.165, 1.54) is 12.8 Å². The Labute approximate surface area is 108 Å². The molecule has 0 saturated carbocycles. The van der Waals surface area contributed by atoms with Crippen molar-refractivity contribution >= 4 is 10.0 Å². The lowest BCUT2D eigenvalue weighted by Gasteiger charge is -2.16. The number of rotatable bonds is 3. The highest BCUT2D eigenvalue weighted by atomic mass is 32.2. The van der Waals surface area contributed by atoms with E-state index in [1.54, 1.807) is 6.92 Å². The molecule has 0 amide bonds. The minimum atomic E-state index is -3.22. The van der Waals surface area contributed by atoms with Gasteiger partial charge in [0.1, 0.15) is 5.82 Å². The van der Waals surface area contributed by atoms with E-state index in [9.17, 15) is 8.42 Å². The maximum absolute atomic E-state index is 11.3. The predicted octanol–water partition coefficient (Wildman–Crippen LogP) is 1.00. The average Bonchev–Trinajstić information content (AvgIpc) is 2.57. The van der Waals surface area contributed by atoms with E-state index in [0.29, 0.717) is 0 Å². The summed E-state index contributed by atoms with van der Waals surface area (Å²) in [6.45, 7) is 2.69. The van der Waals surface area contributed by atoms with Crippen molar-refractivity contribution in [1.29, 1.82) is 0 Å². The van der Waals surface area contributed by atoms with Crippen molar-refractivity contribution in [3.63, 3.8) is 0 Å². The highest BCUT2D eigenvalue weighted by molar-refractivity contribution is 7.88. The SMILES string of the molecule is CC(NS(C)(=O)=O)c1nnc2n1CCCCCC2. The summed E-state index contributed by atoms with van der Waals surface area (Å²) in [4.78, 5) is 0. The lowest BCUT2D eigenvalue weighted by molar-refractivity contribution is 0.486. The van der Waals surface area contributed by atoms with Crippen molar-refractivity contribution in [2.75, 3.05) is 6.26 Å². The molecule has 0 aromatic carbocycles. The Balaban J connectivity index is 2.23. The second-order valence-corrected chi connectivity index (χ2v) is 6.68. The molecule has 1 aromatic heterocycles. The Bertz CT molecular complexity index is 509. The largest absolute Gasteiger partial charge is 0.314 e. The van der Waals surface area contributed by atoms with Crippen molar-refractivity contribution in [3.8, 4) is 0 Å². The topological polar surface area (TPSA) is 76.9 Å². The molecule has 102 valence electrons. The smallest absolute Gasteiger partial charge is 0.209 e. The fourth-order valence-corrected chi connectivity index (χ4v) is 3.13. The minimum absolute atomic E-state index is 0.333. The second-order valence-electron chi connectivity index (χ2n) is 4.90. The number of aromatic nitrogens is 3. The summed E-state index contributed by atoms with van der Waals surface area (Å²) in [6, 6.07) is -0.333. The summed E-state index contributed by atoms with van der Waals surface area (Å²) in [5, 5.41) is 8.34. The quantitative estimate of drug-likeness (QED) is 0.890. The summed E-state index contributed by atoms with van der Waals surface area (Å²) in [5.41, 5.74) is 0. The molecule has 1 atom stereocenters. The third kappa shape index (κ3) is 3.29. The standard InChI is InChI=1S/C11H20N4O2S/c1-9(14-18(2,16)17)11-13-12-10-7-5-3-4-6-8-15(10)11/h9,14H,3-8H2,1-2H3. The maximum atomic E-state index is 11.3. The molecule has 18 heavy (non-hydrogen) atoms.